The van der Waals surface area contributed by atoms with Gasteiger partial charge in [-0.05, 0) is 48.2 Å². The number of rotatable bonds is 4. The third kappa shape index (κ3) is 4.62. The molecule has 3 fully saturated rings. The van der Waals surface area contributed by atoms with Gasteiger partial charge in [0.15, 0.2) is 0 Å². The standard InChI is InChI=1S/C25H26F3N3O2/c26-25(27,28)21-3-1-2-20(14-21)17-4-6-19(7-5-17)24(33)31-15-22(16-31)29-10-12-30(13-11-29)23(32)18-8-9-18/h1-7,14,18,22H,8-13,15-16H2. The van der Waals surface area contributed by atoms with Crippen LogP contribution in [-0.2, 0) is 11.0 Å². The van der Waals surface area contributed by atoms with E-state index in [-0.39, 0.29) is 11.8 Å². The highest BCUT2D eigenvalue weighted by Crippen LogP contribution is 2.33. The molecule has 3 aliphatic rings. The number of halogens is 3. The van der Waals surface area contributed by atoms with Crippen LogP contribution in [0.3, 0.4) is 0 Å². The average molecular weight is 457 g/mol. The first kappa shape index (κ1) is 21.9. The fourth-order valence-electron chi connectivity index (χ4n) is 4.61. The van der Waals surface area contributed by atoms with Crippen molar-refractivity contribution in [1.29, 1.82) is 0 Å². The lowest BCUT2D eigenvalue weighted by atomic mass is 10.00. The van der Waals surface area contributed by atoms with Gasteiger partial charge >= 0.3 is 6.18 Å². The number of hydrogen-bond acceptors (Lipinski definition) is 3. The van der Waals surface area contributed by atoms with Crippen LogP contribution in [0.4, 0.5) is 13.2 Å². The molecule has 2 amide bonds. The van der Waals surface area contributed by atoms with Crippen LogP contribution in [0.15, 0.2) is 48.5 Å². The zero-order chi connectivity index (χ0) is 23.2. The molecule has 1 aliphatic carbocycles. The van der Waals surface area contributed by atoms with Gasteiger partial charge in [0.05, 0.1) is 5.56 Å². The second-order valence-electron chi connectivity index (χ2n) is 9.16. The maximum atomic E-state index is 13.0. The van der Waals surface area contributed by atoms with Crippen molar-refractivity contribution in [1.82, 2.24) is 14.7 Å². The number of benzene rings is 2. The summed E-state index contributed by atoms with van der Waals surface area (Å²) >= 11 is 0. The predicted octanol–water partition coefficient (Wildman–Crippen LogP) is 3.75. The number of carbonyl (C=O) groups is 2. The van der Waals surface area contributed by atoms with Crippen LogP contribution in [0.5, 0.6) is 0 Å². The van der Waals surface area contributed by atoms with E-state index in [1.165, 1.54) is 6.07 Å². The van der Waals surface area contributed by atoms with Gasteiger partial charge in [0.1, 0.15) is 0 Å². The number of likely N-dealkylation sites (tertiary alicyclic amines) is 1. The molecule has 2 aromatic rings. The number of hydrogen-bond donors (Lipinski definition) is 0. The third-order valence-electron chi connectivity index (χ3n) is 6.87. The molecule has 5 nitrogen and oxygen atoms in total. The van der Waals surface area contributed by atoms with Crippen molar-refractivity contribution >= 4 is 11.8 Å². The van der Waals surface area contributed by atoms with Crippen LogP contribution in [0.1, 0.15) is 28.8 Å². The van der Waals surface area contributed by atoms with Gasteiger partial charge in [-0.1, -0.05) is 24.3 Å². The largest absolute Gasteiger partial charge is 0.416 e. The van der Waals surface area contributed by atoms with Crippen molar-refractivity contribution < 1.29 is 22.8 Å². The van der Waals surface area contributed by atoms with E-state index in [9.17, 15) is 22.8 Å². The van der Waals surface area contributed by atoms with E-state index in [0.29, 0.717) is 41.7 Å². The average Bonchev–Trinajstić information content (AvgIpc) is 3.63. The first-order valence-electron chi connectivity index (χ1n) is 11.4. The Hall–Kier alpha value is -2.87. The molecule has 0 spiro atoms. The molecule has 2 aliphatic heterocycles. The van der Waals surface area contributed by atoms with Crippen LogP contribution in [0.2, 0.25) is 0 Å². The maximum Gasteiger partial charge on any atom is 0.416 e. The van der Waals surface area contributed by atoms with E-state index in [0.717, 1.165) is 51.2 Å². The molecule has 0 bridgehead atoms. The van der Waals surface area contributed by atoms with E-state index < -0.39 is 11.7 Å². The normalized spacial score (nSPS) is 20.0. The lowest BCUT2D eigenvalue weighted by molar-refractivity contribution is -0.137. The lowest BCUT2D eigenvalue weighted by Gasteiger charge is -2.48. The first-order chi connectivity index (χ1) is 15.8. The van der Waals surface area contributed by atoms with Gasteiger partial charge in [-0.25, -0.2) is 0 Å². The van der Waals surface area contributed by atoms with Gasteiger partial charge in [0.25, 0.3) is 5.91 Å². The Morgan fingerprint density at radius 1 is 0.818 bits per heavy atom. The van der Waals surface area contributed by atoms with Crippen molar-refractivity contribution in [3.05, 3.63) is 59.7 Å². The summed E-state index contributed by atoms with van der Waals surface area (Å²) in [6.07, 6.45) is -2.33. The quantitative estimate of drug-likeness (QED) is 0.703. The molecule has 5 rings (SSSR count). The molecular formula is C25H26F3N3O2. The highest BCUT2D eigenvalue weighted by atomic mass is 19.4. The van der Waals surface area contributed by atoms with E-state index in [2.05, 4.69) is 4.90 Å². The Kier molecular flexibility index (Phi) is 5.64. The van der Waals surface area contributed by atoms with E-state index in [4.69, 9.17) is 0 Å². The van der Waals surface area contributed by atoms with Crippen molar-refractivity contribution in [3.8, 4) is 11.1 Å². The summed E-state index contributed by atoms with van der Waals surface area (Å²) in [6, 6.07) is 12.2. The zero-order valence-corrected chi connectivity index (χ0v) is 18.2. The minimum absolute atomic E-state index is 0.0654. The van der Waals surface area contributed by atoms with Gasteiger partial charge < -0.3 is 9.80 Å². The summed E-state index contributed by atoms with van der Waals surface area (Å²) < 4.78 is 38.9. The molecule has 2 aromatic carbocycles. The molecule has 174 valence electrons. The maximum absolute atomic E-state index is 13.0. The Bertz CT molecular complexity index is 1040. The van der Waals surface area contributed by atoms with Gasteiger partial charge in [-0.3, -0.25) is 14.5 Å². The second kappa shape index (κ2) is 8.48. The summed E-state index contributed by atoms with van der Waals surface area (Å²) in [5, 5.41) is 0. The second-order valence-corrected chi connectivity index (χ2v) is 9.16. The van der Waals surface area contributed by atoms with Crippen molar-refractivity contribution in [3.63, 3.8) is 0 Å². The fourth-order valence-corrected chi connectivity index (χ4v) is 4.61. The van der Waals surface area contributed by atoms with Crippen LogP contribution < -0.4 is 0 Å². The Morgan fingerprint density at radius 3 is 2.09 bits per heavy atom. The molecule has 0 radical (unpaired) electrons. The molecule has 0 N–H and O–H groups in total. The van der Waals surface area contributed by atoms with E-state index in [1.807, 2.05) is 4.90 Å². The topological polar surface area (TPSA) is 43.9 Å². The number of alkyl halides is 3. The summed E-state index contributed by atoms with van der Waals surface area (Å²) in [5.41, 5.74) is 0.943. The Morgan fingerprint density at radius 2 is 1.48 bits per heavy atom. The molecule has 0 atom stereocenters. The molecule has 0 aromatic heterocycles. The van der Waals surface area contributed by atoms with Crippen LogP contribution >= 0.6 is 0 Å². The minimum atomic E-state index is -4.39. The molecular weight excluding hydrogens is 431 g/mol. The minimum Gasteiger partial charge on any atom is -0.340 e. The highest BCUT2D eigenvalue weighted by Gasteiger charge is 2.39. The van der Waals surface area contributed by atoms with Crippen molar-refractivity contribution in [2.45, 2.75) is 25.1 Å². The SMILES string of the molecule is O=C(c1ccc(-c2cccc(C(F)(F)F)c2)cc1)N1CC(N2CCN(C(=O)C3CC3)CC2)C1. The molecule has 2 heterocycles. The molecule has 33 heavy (non-hydrogen) atoms. The van der Waals surface area contributed by atoms with Gasteiger partial charge in [0.2, 0.25) is 5.91 Å². The van der Waals surface area contributed by atoms with Crippen LogP contribution in [0.25, 0.3) is 11.1 Å². The summed E-state index contributed by atoms with van der Waals surface area (Å²) in [6.45, 7) is 4.52. The summed E-state index contributed by atoms with van der Waals surface area (Å²) in [5.74, 6) is 0.492. The summed E-state index contributed by atoms with van der Waals surface area (Å²) in [7, 11) is 0. The van der Waals surface area contributed by atoms with Crippen LogP contribution in [-0.4, -0.2) is 71.8 Å². The van der Waals surface area contributed by atoms with Gasteiger partial charge in [0, 0.05) is 56.8 Å². The zero-order valence-electron chi connectivity index (χ0n) is 18.2. The fraction of sp³-hybridized carbons (Fsp3) is 0.440. The van der Waals surface area contributed by atoms with Crippen molar-refractivity contribution in [2.75, 3.05) is 39.3 Å². The molecule has 8 heteroatoms. The summed E-state index contributed by atoms with van der Waals surface area (Å²) in [4.78, 5) is 31.1. The number of nitrogens with zero attached hydrogens (tertiary/aromatic N) is 3. The molecule has 1 saturated carbocycles. The molecule has 2 saturated heterocycles. The third-order valence-corrected chi connectivity index (χ3v) is 6.87. The Labute approximate surface area is 190 Å². The number of piperazine rings is 1. The number of amides is 2. The smallest absolute Gasteiger partial charge is 0.340 e. The van der Waals surface area contributed by atoms with Gasteiger partial charge in [-0.2, -0.15) is 13.2 Å². The highest BCUT2D eigenvalue weighted by molar-refractivity contribution is 5.95. The van der Waals surface area contributed by atoms with E-state index in [1.54, 1.807) is 35.2 Å². The Balaban J connectivity index is 1.14. The monoisotopic (exact) mass is 457 g/mol. The number of carbonyl (C=O) groups excluding carboxylic acids is 2. The first-order valence-corrected chi connectivity index (χ1v) is 11.4. The predicted molar refractivity (Wildman–Crippen MR) is 117 cm³/mol. The van der Waals surface area contributed by atoms with Crippen LogP contribution in [0, 0.1) is 5.92 Å². The lowest BCUT2D eigenvalue weighted by Crippen LogP contribution is -2.64. The van der Waals surface area contributed by atoms with Gasteiger partial charge in [-0.15, -0.1) is 0 Å². The molecule has 0 unspecified atom stereocenters. The van der Waals surface area contributed by atoms with E-state index >= 15 is 0 Å². The van der Waals surface area contributed by atoms with Crippen molar-refractivity contribution in [2.24, 2.45) is 5.92 Å².